The summed E-state index contributed by atoms with van der Waals surface area (Å²) >= 11 is 3.31. The number of nitrogens with zero attached hydrogens (tertiary/aromatic N) is 1. The van der Waals surface area contributed by atoms with Gasteiger partial charge in [-0.05, 0) is 40.4 Å². The van der Waals surface area contributed by atoms with Crippen molar-refractivity contribution in [3.05, 3.63) is 11.1 Å². The van der Waals surface area contributed by atoms with E-state index in [2.05, 4.69) is 53.6 Å². The van der Waals surface area contributed by atoms with Crippen molar-refractivity contribution in [1.82, 2.24) is 10.2 Å². The maximum Gasteiger partial charge on any atom is 0.0265 e. The van der Waals surface area contributed by atoms with Gasteiger partial charge in [0.2, 0.25) is 0 Å². The zero-order chi connectivity index (χ0) is 10.3. The number of rotatable bonds is 7. The molecule has 0 unspecified atom stereocenters. The van der Waals surface area contributed by atoms with Gasteiger partial charge in [-0.3, -0.25) is 0 Å². The van der Waals surface area contributed by atoms with Crippen molar-refractivity contribution < 1.29 is 0 Å². The summed E-state index contributed by atoms with van der Waals surface area (Å²) < 4.78 is 1.02. The molecular weight excluding hydrogens is 228 g/mol. The predicted molar refractivity (Wildman–Crippen MR) is 63.3 cm³/mol. The monoisotopic (exact) mass is 248 g/mol. The van der Waals surface area contributed by atoms with Crippen molar-refractivity contribution >= 4 is 15.9 Å². The normalized spacial score (nSPS) is 11.2. The van der Waals surface area contributed by atoms with Crippen LogP contribution < -0.4 is 5.32 Å². The summed E-state index contributed by atoms with van der Waals surface area (Å²) in [5.41, 5.74) is 0. The molecule has 78 valence electrons. The number of halogens is 1. The Labute approximate surface area is 90.5 Å². The summed E-state index contributed by atoms with van der Waals surface area (Å²) in [5.74, 6) is 0. The summed E-state index contributed by atoms with van der Waals surface area (Å²) in [5, 5.41) is 3.31. The second-order valence-corrected chi connectivity index (χ2v) is 4.74. The van der Waals surface area contributed by atoms with Gasteiger partial charge in [-0.1, -0.05) is 22.5 Å². The lowest BCUT2D eigenvalue weighted by Gasteiger charge is -2.20. The van der Waals surface area contributed by atoms with Gasteiger partial charge in [0.1, 0.15) is 0 Å². The lowest BCUT2D eigenvalue weighted by Crippen LogP contribution is -2.29. The Morgan fingerprint density at radius 1 is 1.54 bits per heavy atom. The smallest absolute Gasteiger partial charge is 0.0265 e. The first kappa shape index (κ1) is 13.1. The van der Waals surface area contributed by atoms with E-state index >= 15 is 0 Å². The molecule has 0 aliphatic rings. The van der Waals surface area contributed by atoms with Gasteiger partial charge in [-0.15, -0.1) is 0 Å². The summed E-state index contributed by atoms with van der Waals surface area (Å²) in [7, 11) is 2.16. The zero-order valence-electron chi connectivity index (χ0n) is 8.94. The quantitative estimate of drug-likeness (QED) is 0.696. The molecule has 2 nitrogen and oxygen atoms in total. The Balaban J connectivity index is 3.21. The maximum absolute atomic E-state index is 3.76. The number of nitrogens with one attached hydrogen (secondary N) is 1. The fraction of sp³-hybridized carbons (Fsp3) is 0.800. The standard InChI is InChI=1S/C10H21BrN2/c1-9(2)13(4)7-5-6-12-8-10(3)11/h9,12H,3,5-8H2,1-2,4H3. The van der Waals surface area contributed by atoms with E-state index in [9.17, 15) is 0 Å². The first-order valence-corrected chi connectivity index (χ1v) is 5.57. The minimum absolute atomic E-state index is 0.645. The van der Waals surface area contributed by atoms with Gasteiger partial charge in [0.25, 0.3) is 0 Å². The van der Waals surface area contributed by atoms with Crippen LogP contribution >= 0.6 is 15.9 Å². The van der Waals surface area contributed by atoms with Gasteiger partial charge < -0.3 is 10.2 Å². The molecule has 0 rings (SSSR count). The fourth-order valence-electron chi connectivity index (χ4n) is 0.936. The van der Waals surface area contributed by atoms with E-state index in [1.54, 1.807) is 0 Å². The Morgan fingerprint density at radius 2 is 2.15 bits per heavy atom. The van der Waals surface area contributed by atoms with Crippen LogP contribution in [0.1, 0.15) is 20.3 Å². The molecule has 0 aromatic heterocycles. The van der Waals surface area contributed by atoms with Crippen LogP contribution in [0, 0.1) is 0 Å². The summed E-state index contributed by atoms with van der Waals surface area (Å²) in [4.78, 5) is 2.35. The van der Waals surface area contributed by atoms with Crippen LogP contribution in [0.5, 0.6) is 0 Å². The minimum atomic E-state index is 0.645. The molecule has 0 aromatic carbocycles. The second kappa shape index (κ2) is 7.54. The van der Waals surface area contributed by atoms with Crippen LogP contribution in [0.4, 0.5) is 0 Å². The molecule has 0 bridgehead atoms. The van der Waals surface area contributed by atoms with E-state index < -0.39 is 0 Å². The Hall–Kier alpha value is 0.140. The van der Waals surface area contributed by atoms with Gasteiger partial charge in [0, 0.05) is 17.1 Å². The summed E-state index contributed by atoms with van der Waals surface area (Å²) in [6, 6.07) is 0.645. The number of hydrogen-bond acceptors (Lipinski definition) is 2. The average Bonchev–Trinajstić information content (AvgIpc) is 2.02. The Kier molecular flexibility index (Phi) is 7.62. The van der Waals surface area contributed by atoms with E-state index in [0.29, 0.717) is 6.04 Å². The highest BCUT2D eigenvalue weighted by molar-refractivity contribution is 9.11. The van der Waals surface area contributed by atoms with Crippen molar-refractivity contribution in [2.45, 2.75) is 26.3 Å². The molecule has 0 saturated heterocycles. The highest BCUT2D eigenvalue weighted by Crippen LogP contribution is 1.97. The SMILES string of the molecule is C=C(Br)CNCCCN(C)C(C)C. The second-order valence-electron chi connectivity index (χ2n) is 3.62. The molecule has 0 saturated carbocycles. The van der Waals surface area contributed by atoms with Gasteiger partial charge in [-0.2, -0.15) is 0 Å². The molecule has 0 amide bonds. The van der Waals surface area contributed by atoms with Crippen LogP contribution in [0.2, 0.25) is 0 Å². The molecule has 1 N–H and O–H groups in total. The van der Waals surface area contributed by atoms with Crippen LogP contribution in [0.15, 0.2) is 11.1 Å². The van der Waals surface area contributed by atoms with Crippen molar-refractivity contribution in [2.75, 3.05) is 26.7 Å². The Morgan fingerprint density at radius 3 is 2.62 bits per heavy atom. The zero-order valence-corrected chi connectivity index (χ0v) is 10.5. The largest absolute Gasteiger partial charge is 0.312 e. The van der Waals surface area contributed by atoms with Crippen LogP contribution in [-0.4, -0.2) is 37.6 Å². The Bertz CT molecular complexity index is 146. The molecule has 0 spiro atoms. The fourth-order valence-corrected chi connectivity index (χ4v) is 1.13. The third-order valence-corrected chi connectivity index (χ3v) is 2.34. The molecular formula is C10H21BrN2. The first-order chi connectivity index (χ1) is 6.04. The molecule has 0 aliphatic heterocycles. The van der Waals surface area contributed by atoms with Crippen molar-refractivity contribution in [2.24, 2.45) is 0 Å². The summed E-state index contributed by atoms with van der Waals surface area (Å²) in [6.07, 6.45) is 1.19. The van der Waals surface area contributed by atoms with E-state index in [-0.39, 0.29) is 0 Å². The molecule has 3 heteroatoms. The van der Waals surface area contributed by atoms with Crippen molar-refractivity contribution in [3.63, 3.8) is 0 Å². The summed E-state index contributed by atoms with van der Waals surface area (Å²) in [6.45, 7) is 11.3. The molecule has 0 heterocycles. The van der Waals surface area contributed by atoms with Crippen molar-refractivity contribution in [1.29, 1.82) is 0 Å². The van der Waals surface area contributed by atoms with E-state index in [0.717, 1.165) is 24.1 Å². The highest BCUT2D eigenvalue weighted by Gasteiger charge is 2.01. The minimum Gasteiger partial charge on any atom is -0.312 e. The molecule has 0 aliphatic carbocycles. The topological polar surface area (TPSA) is 15.3 Å². The van der Waals surface area contributed by atoms with Crippen LogP contribution in [0.25, 0.3) is 0 Å². The lowest BCUT2D eigenvalue weighted by molar-refractivity contribution is 0.270. The van der Waals surface area contributed by atoms with Crippen LogP contribution in [0.3, 0.4) is 0 Å². The van der Waals surface area contributed by atoms with E-state index in [4.69, 9.17) is 0 Å². The molecule has 0 radical (unpaired) electrons. The maximum atomic E-state index is 3.76. The van der Waals surface area contributed by atoms with Crippen molar-refractivity contribution in [3.8, 4) is 0 Å². The molecule has 0 aromatic rings. The number of hydrogen-bond donors (Lipinski definition) is 1. The lowest BCUT2D eigenvalue weighted by atomic mass is 10.3. The third kappa shape index (κ3) is 8.47. The van der Waals surface area contributed by atoms with Gasteiger partial charge in [-0.25, -0.2) is 0 Å². The predicted octanol–water partition coefficient (Wildman–Crippen LogP) is 2.21. The highest BCUT2D eigenvalue weighted by atomic mass is 79.9. The average molecular weight is 249 g/mol. The van der Waals surface area contributed by atoms with Gasteiger partial charge in [0.05, 0.1) is 0 Å². The first-order valence-electron chi connectivity index (χ1n) is 4.78. The van der Waals surface area contributed by atoms with Gasteiger partial charge >= 0.3 is 0 Å². The molecule has 0 fully saturated rings. The van der Waals surface area contributed by atoms with Gasteiger partial charge in [0.15, 0.2) is 0 Å². The van der Waals surface area contributed by atoms with E-state index in [1.165, 1.54) is 6.42 Å². The molecule has 13 heavy (non-hydrogen) atoms. The molecule has 0 atom stereocenters. The van der Waals surface area contributed by atoms with Crippen LogP contribution in [-0.2, 0) is 0 Å². The third-order valence-electron chi connectivity index (χ3n) is 2.06. The van der Waals surface area contributed by atoms with E-state index in [1.807, 2.05) is 0 Å².